The third-order valence-electron chi connectivity index (χ3n) is 1.38. The highest BCUT2D eigenvalue weighted by atomic mass is 16.6. The molecule has 84 valence electrons. The van der Waals surface area contributed by atoms with Crippen molar-refractivity contribution in [2.75, 3.05) is 20.3 Å². The molecule has 0 rings (SSSR count). The van der Waals surface area contributed by atoms with Crippen LogP contribution < -0.4 is 5.32 Å². The molecule has 0 aliphatic rings. The van der Waals surface area contributed by atoms with Crippen LogP contribution in [-0.4, -0.2) is 38.4 Å². The van der Waals surface area contributed by atoms with Gasteiger partial charge in [-0.15, -0.1) is 0 Å². The lowest BCUT2D eigenvalue weighted by Crippen LogP contribution is -2.43. The minimum Gasteiger partial charge on any atom is -0.467 e. The van der Waals surface area contributed by atoms with E-state index in [9.17, 15) is 9.59 Å². The van der Waals surface area contributed by atoms with Gasteiger partial charge >= 0.3 is 12.1 Å². The van der Waals surface area contributed by atoms with Crippen LogP contribution in [0, 0.1) is 0 Å². The summed E-state index contributed by atoms with van der Waals surface area (Å²) >= 11 is 0. The van der Waals surface area contributed by atoms with Crippen molar-refractivity contribution in [1.82, 2.24) is 5.32 Å². The van der Waals surface area contributed by atoms with E-state index >= 15 is 0 Å². The van der Waals surface area contributed by atoms with Crippen LogP contribution in [0.1, 0.15) is 6.92 Å². The van der Waals surface area contributed by atoms with Gasteiger partial charge in [0.2, 0.25) is 0 Å². The van der Waals surface area contributed by atoms with Crippen molar-refractivity contribution >= 4 is 12.1 Å². The fourth-order valence-corrected chi connectivity index (χ4v) is 0.755. The lowest BCUT2D eigenvalue weighted by Gasteiger charge is -2.13. The topological polar surface area (TPSA) is 113 Å². The molecule has 0 aromatic heterocycles. The molecule has 8 nitrogen and oxygen atoms in total. The monoisotopic (exact) mass is 216 g/mol. The first-order valence-corrected chi connectivity index (χ1v) is 4.17. The summed E-state index contributed by atoms with van der Waals surface area (Å²) < 4.78 is 8.95. The smallest absolute Gasteiger partial charge is 0.407 e. The molecule has 0 aliphatic heterocycles. The maximum absolute atomic E-state index is 11.1. The molecular formula is C7H12N4O4. The number of carbonyl (C=O) groups excluding carboxylic acids is 2. The minimum absolute atomic E-state index is 0.182. The Morgan fingerprint density at radius 3 is 2.73 bits per heavy atom. The number of hydrogen-bond acceptors (Lipinski definition) is 5. The molecule has 0 bridgehead atoms. The van der Waals surface area contributed by atoms with Gasteiger partial charge in [0, 0.05) is 4.91 Å². The van der Waals surface area contributed by atoms with Gasteiger partial charge in [0.15, 0.2) is 0 Å². The zero-order valence-corrected chi connectivity index (χ0v) is 8.47. The summed E-state index contributed by atoms with van der Waals surface area (Å²) in [4.78, 5) is 24.5. The summed E-state index contributed by atoms with van der Waals surface area (Å²) in [5, 5.41) is 5.37. The quantitative estimate of drug-likeness (QED) is 0.313. The Hall–Kier alpha value is -1.95. The molecule has 0 unspecified atom stereocenters. The normalized spacial score (nSPS) is 10.8. The van der Waals surface area contributed by atoms with Gasteiger partial charge in [0.1, 0.15) is 6.04 Å². The molecular weight excluding hydrogens is 204 g/mol. The highest BCUT2D eigenvalue weighted by molar-refractivity contribution is 5.81. The second-order valence-electron chi connectivity index (χ2n) is 2.35. The molecule has 0 aliphatic carbocycles. The van der Waals surface area contributed by atoms with Crippen LogP contribution in [0.5, 0.6) is 0 Å². The molecule has 15 heavy (non-hydrogen) atoms. The standard InChI is InChI=1S/C7H12N4O4/c1-3-15-7(13)10-5(4-9-11-8)6(12)14-2/h5H,3-4H2,1-2H3,(H,10,13)/t5-/m0/s1. The van der Waals surface area contributed by atoms with Crippen molar-refractivity contribution in [2.45, 2.75) is 13.0 Å². The Labute approximate surface area is 86.2 Å². The number of carbonyl (C=O) groups is 2. The van der Waals surface area contributed by atoms with Crippen LogP contribution in [0.3, 0.4) is 0 Å². The maximum Gasteiger partial charge on any atom is 0.407 e. The average Bonchev–Trinajstić information content (AvgIpc) is 2.23. The van der Waals surface area contributed by atoms with Crippen LogP contribution in [0.15, 0.2) is 5.11 Å². The third kappa shape index (κ3) is 5.37. The fourth-order valence-electron chi connectivity index (χ4n) is 0.755. The molecule has 1 amide bonds. The van der Waals surface area contributed by atoms with Crippen molar-refractivity contribution < 1.29 is 19.1 Å². The molecule has 0 saturated carbocycles. The van der Waals surface area contributed by atoms with Crippen molar-refractivity contribution in [2.24, 2.45) is 5.11 Å². The van der Waals surface area contributed by atoms with Crippen molar-refractivity contribution in [3.8, 4) is 0 Å². The van der Waals surface area contributed by atoms with E-state index in [0.29, 0.717) is 0 Å². The minimum atomic E-state index is -1.02. The largest absolute Gasteiger partial charge is 0.467 e. The summed E-state index contributed by atoms with van der Waals surface area (Å²) in [6, 6.07) is -1.02. The van der Waals surface area contributed by atoms with Gasteiger partial charge < -0.3 is 14.8 Å². The van der Waals surface area contributed by atoms with Gasteiger partial charge in [-0.1, -0.05) is 5.11 Å². The molecule has 0 aromatic rings. The molecule has 0 aromatic carbocycles. The third-order valence-corrected chi connectivity index (χ3v) is 1.38. The van der Waals surface area contributed by atoms with Crippen molar-refractivity contribution in [1.29, 1.82) is 0 Å². The maximum atomic E-state index is 11.1. The van der Waals surface area contributed by atoms with E-state index in [-0.39, 0.29) is 13.2 Å². The molecule has 1 N–H and O–H groups in total. The molecule has 8 heteroatoms. The number of methoxy groups -OCH3 is 1. The molecule has 1 atom stereocenters. The van der Waals surface area contributed by atoms with E-state index in [1.807, 2.05) is 0 Å². The summed E-state index contributed by atoms with van der Waals surface area (Å²) in [6.45, 7) is 1.59. The van der Waals surface area contributed by atoms with E-state index in [2.05, 4.69) is 24.8 Å². The van der Waals surface area contributed by atoms with Gasteiger partial charge in [-0.25, -0.2) is 9.59 Å². The van der Waals surface area contributed by atoms with E-state index in [1.165, 1.54) is 0 Å². The number of azide groups is 1. The predicted molar refractivity (Wildman–Crippen MR) is 50.0 cm³/mol. The zero-order valence-electron chi connectivity index (χ0n) is 8.47. The van der Waals surface area contributed by atoms with E-state index in [4.69, 9.17) is 5.53 Å². The SMILES string of the molecule is CCOC(=O)N[C@@H](CN=[N+]=[N-])C(=O)OC. The Kier molecular flexibility index (Phi) is 6.48. The fraction of sp³-hybridized carbons (Fsp3) is 0.714. The number of hydrogen-bond donors (Lipinski definition) is 1. The molecule has 0 spiro atoms. The lowest BCUT2D eigenvalue weighted by molar-refractivity contribution is -0.142. The van der Waals surface area contributed by atoms with Gasteiger partial charge in [0.05, 0.1) is 20.3 Å². The Balaban J connectivity index is 4.29. The number of ether oxygens (including phenoxy) is 2. The molecule has 0 fully saturated rings. The van der Waals surface area contributed by atoms with Crippen molar-refractivity contribution in [3.05, 3.63) is 10.4 Å². The number of rotatable bonds is 5. The van der Waals surface area contributed by atoms with Gasteiger partial charge in [-0.2, -0.15) is 0 Å². The number of nitrogens with one attached hydrogen (secondary N) is 1. The van der Waals surface area contributed by atoms with Gasteiger partial charge in [0.25, 0.3) is 0 Å². The number of alkyl carbamates (subject to hydrolysis) is 1. The van der Waals surface area contributed by atoms with Crippen LogP contribution in [-0.2, 0) is 14.3 Å². The zero-order chi connectivity index (χ0) is 11.7. The molecule has 0 radical (unpaired) electrons. The predicted octanol–water partition coefficient (Wildman–Crippen LogP) is 0.584. The second kappa shape index (κ2) is 7.45. The van der Waals surface area contributed by atoms with E-state index in [0.717, 1.165) is 7.11 Å². The van der Waals surface area contributed by atoms with Crippen LogP contribution in [0.2, 0.25) is 0 Å². The first kappa shape index (κ1) is 13.1. The van der Waals surface area contributed by atoms with E-state index < -0.39 is 18.1 Å². The highest BCUT2D eigenvalue weighted by Crippen LogP contribution is 1.91. The summed E-state index contributed by atoms with van der Waals surface area (Å²) in [5.74, 6) is -0.699. The highest BCUT2D eigenvalue weighted by Gasteiger charge is 2.20. The Bertz CT molecular complexity index is 274. The van der Waals surface area contributed by atoms with E-state index in [1.54, 1.807) is 6.92 Å². The van der Waals surface area contributed by atoms with Crippen LogP contribution >= 0.6 is 0 Å². The average molecular weight is 216 g/mol. The first-order valence-electron chi connectivity index (χ1n) is 4.17. The Morgan fingerprint density at radius 1 is 1.60 bits per heavy atom. The van der Waals surface area contributed by atoms with Crippen LogP contribution in [0.25, 0.3) is 10.4 Å². The Morgan fingerprint density at radius 2 is 2.27 bits per heavy atom. The summed E-state index contributed by atoms with van der Waals surface area (Å²) in [6.07, 6.45) is -0.763. The molecule has 0 heterocycles. The van der Waals surface area contributed by atoms with Gasteiger partial charge in [-0.3, -0.25) is 0 Å². The van der Waals surface area contributed by atoms with Crippen molar-refractivity contribution in [3.63, 3.8) is 0 Å². The number of esters is 1. The van der Waals surface area contributed by atoms with Crippen LogP contribution in [0.4, 0.5) is 4.79 Å². The second-order valence-corrected chi connectivity index (χ2v) is 2.35. The first-order chi connectivity index (χ1) is 7.15. The van der Waals surface area contributed by atoms with Gasteiger partial charge in [-0.05, 0) is 12.5 Å². The molecule has 0 saturated heterocycles. The summed E-state index contributed by atoms with van der Waals surface area (Å²) in [5.41, 5.74) is 8.07. The summed E-state index contributed by atoms with van der Waals surface area (Å²) in [7, 11) is 1.16. The lowest BCUT2D eigenvalue weighted by atomic mass is 10.3. The number of amides is 1. The number of nitrogens with zero attached hydrogens (tertiary/aromatic N) is 3.